The van der Waals surface area contributed by atoms with Crippen molar-refractivity contribution in [2.75, 3.05) is 38.9 Å². The van der Waals surface area contributed by atoms with E-state index in [2.05, 4.69) is 5.32 Å². The highest BCUT2D eigenvalue weighted by atomic mass is 16.7. The molecule has 0 aliphatic carbocycles. The summed E-state index contributed by atoms with van der Waals surface area (Å²) in [7, 11) is 1.56. The van der Waals surface area contributed by atoms with Crippen LogP contribution in [0.2, 0.25) is 0 Å². The second-order valence-electron chi connectivity index (χ2n) is 8.63. The van der Waals surface area contributed by atoms with Crippen LogP contribution >= 0.6 is 0 Å². The van der Waals surface area contributed by atoms with Gasteiger partial charge in [0.05, 0.1) is 19.4 Å². The number of urea groups is 1. The standard InChI is InChI=1S/C27H31N3O6/c1-19-6-4-7-20(2)26(19)28-27(32)29(11-13-33-3)17-25(31)30(16-22-8-5-12-34-22)15-21-9-10-23-24(14-21)36-18-35-23/h4-10,12,14H,11,13,15-18H2,1-3H3,(H,28,32). The number of rotatable bonds is 10. The van der Waals surface area contributed by atoms with Crippen LogP contribution in [0, 0.1) is 13.8 Å². The Morgan fingerprint density at radius 2 is 1.75 bits per heavy atom. The highest BCUT2D eigenvalue weighted by Crippen LogP contribution is 2.33. The fourth-order valence-corrected chi connectivity index (χ4v) is 4.00. The third kappa shape index (κ3) is 6.17. The number of carbonyl (C=O) groups is 2. The summed E-state index contributed by atoms with van der Waals surface area (Å²) in [5.41, 5.74) is 3.51. The zero-order valence-electron chi connectivity index (χ0n) is 20.8. The molecule has 0 saturated heterocycles. The third-order valence-corrected chi connectivity index (χ3v) is 5.98. The highest BCUT2D eigenvalue weighted by molar-refractivity contribution is 5.93. The van der Waals surface area contributed by atoms with E-state index in [4.69, 9.17) is 18.6 Å². The summed E-state index contributed by atoms with van der Waals surface area (Å²) in [6.07, 6.45) is 1.57. The summed E-state index contributed by atoms with van der Waals surface area (Å²) in [4.78, 5) is 29.9. The van der Waals surface area contributed by atoms with Crippen molar-refractivity contribution in [3.8, 4) is 11.5 Å². The van der Waals surface area contributed by atoms with Gasteiger partial charge in [0.15, 0.2) is 11.5 Å². The van der Waals surface area contributed by atoms with Gasteiger partial charge in [-0.15, -0.1) is 0 Å². The molecule has 0 unspecified atom stereocenters. The van der Waals surface area contributed by atoms with E-state index < -0.39 is 0 Å². The maximum atomic E-state index is 13.5. The lowest BCUT2D eigenvalue weighted by Crippen LogP contribution is -2.45. The van der Waals surface area contributed by atoms with E-state index in [0.29, 0.717) is 30.4 Å². The lowest BCUT2D eigenvalue weighted by molar-refractivity contribution is -0.133. The molecular formula is C27H31N3O6. The molecule has 0 atom stereocenters. The first-order chi connectivity index (χ1) is 17.4. The van der Waals surface area contributed by atoms with E-state index in [9.17, 15) is 9.59 Å². The van der Waals surface area contributed by atoms with Crippen LogP contribution < -0.4 is 14.8 Å². The number of hydrogen-bond donors (Lipinski definition) is 1. The van der Waals surface area contributed by atoms with Crippen molar-refractivity contribution in [2.45, 2.75) is 26.9 Å². The lowest BCUT2D eigenvalue weighted by atomic mass is 10.1. The van der Waals surface area contributed by atoms with Crippen LogP contribution in [0.4, 0.5) is 10.5 Å². The summed E-state index contributed by atoms with van der Waals surface area (Å²) in [5.74, 6) is 1.74. The number of ether oxygens (including phenoxy) is 3. The minimum atomic E-state index is -0.362. The minimum Gasteiger partial charge on any atom is -0.467 e. The second kappa shape index (κ2) is 11.6. The van der Waals surface area contributed by atoms with Gasteiger partial charge < -0.3 is 33.7 Å². The molecule has 0 spiro atoms. The molecule has 4 rings (SSSR count). The fourth-order valence-electron chi connectivity index (χ4n) is 4.00. The molecule has 0 radical (unpaired) electrons. The van der Waals surface area contributed by atoms with E-state index in [1.165, 1.54) is 4.90 Å². The van der Waals surface area contributed by atoms with Gasteiger partial charge in [-0.1, -0.05) is 24.3 Å². The zero-order valence-corrected chi connectivity index (χ0v) is 20.8. The average molecular weight is 494 g/mol. The number of fused-ring (bicyclic) bond motifs is 1. The van der Waals surface area contributed by atoms with E-state index in [1.54, 1.807) is 24.3 Å². The van der Waals surface area contributed by atoms with Crippen LogP contribution in [-0.4, -0.2) is 55.3 Å². The Labute approximate surface area is 210 Å². The molecule has 9 heteroatoms. The van der Waals surface area contributed by atoms with Gasteiger partial charge in [-0.05, 0) is 54.8 Å². The number of benzene rings is 2. The molecule has 0 saturated carbocycles. The number of furan rings is 1. The summed E-state index contributed by atoms with van der Waals surface area (Å²) >= 11 is 0. The van der Waals surface area contributed by atoms with Crippen LogP contribution in [0.25, 0.3) is 0 Å². The molecule has 2 heterocycles. The monoisotopic (exact) mass is 493 g/mol. The van der Waals surface area contributed by atoms with Gasteiger partial charge in [0.2, 0.25) is 12.7 Å². The van der Waals surface area contributed by atoms with Gasteiger partial charge in [0.1, 0.15) is 12.3 Å². The van der Waals surface area contributed by atoms with Gasteiger partial charge in [-0.25, -0.2) is 4.79 Å². The number of aryl methyl sites for hydroxylation is 2. The lowest BCUT2D eigenvalue weighted by Gasteiger charge is -2.28. The Morgan fingerprint density at radius 1 is 0.972 bits per heavy atom. The van der Waals surface area contributed by atoms with Gasteiger partial charge in [-0.3, -0.25) is 4.79 Å². The molecule has 3 aromatic rings. The number of amides is 3. The number of nitrogens with zero attached hydrogens (tertiary/aromatic N) is 2. The normalized spacial score (nSPS) is 11.9. The highest BCUT2D eigenvalue weighted by Gasteiger charge is 2.24. The van der Waals surface area contributed by atoms with Crippen molar-refractivity contribution in [1.82, 2.24) is 9.80 Å². The SMILES string of the molecule is COCCN(CC(=O)N(Cc1ccc2c(c1)OCO2)Cc1ccco1)C(=O)Nc1c(C)cccc1C. The van der Waals surface area contributed by atoms with Crippen molar-refractivity contribution in [1.29, 1.82) is 0 Å². The van der Waals surface area contributed by atoms with Crippen LogP contribution in [0.5, 0.6) is 11.5 Å². The second-order valence-corrected chi connectivity index (χ2v) is 8.63. The van der Waals surface area contributed by atoms with Crippen LogP contribution in [0.3, 0.4) is 0 Å². The summed E-state index contributed by atoms with van der Waals surface area (Å²) in [5, 5.41) is 2.97. The number of methoxy groups -OCH3 is 1. The van der Waals surface area contributed by atoms with Crippen molar-refractivity contribution >= 4 is 17.6 Å². The maximum Gasteiger partial charge on any atom is 0.322 e. The molecule has 3 amide bonds. The Balaban J connectivity index is 1.51. The Hall–Kier alpha value is -3.98. The average Bonchev–Trinajstić information content (AvgIpc) is 3.55. The molecular weight excluding hydrogens is 462 g/mol. The van der Waals surface area contributed by atoms with Gasteiger partial charge >= 0.3 is 6.03 Å². The summed E-state index contributed by atoms with van der Waals surface area (Å²) < 4.78 is 21.6. The van der Waals surface area contributed by atoms with Crippen molar-refractivity contribution < 1.29 is 28.2 Å². The first kappa shape index (κ1) is 25.1. The summed E-state index contributed by atoms with van der Waals surface area (Å²) in [6, 6.07) is 14.6. The van der Waals surface area contributed by atoms with Gasteiger partial charge in [0.25, 0.3) is 0 Å². The molecule has 1 N–H and O–H groups in total. The zero-order chi connectivity index (χ0) is 25.5. The molecule has 0 fully saturated rings. The maximum absolute atomic E-state index is 13.5. The number of hydrogen-bond acceptors (Lipinski definition) is 6. The van der Waals surface area contributed by atoms with Crippen molar-refractivity contribution in [3.05, 3.63) is 77.2 Å². The van der Waals surface area contributed by atoms with E-state index >= 15 is 0 Å². The smallest absolute Gasteiger partial charge is 0.322 e. The van der Waals surface area contributed by atoms with E-state index in [0.717, 1.165) is 22.4 Å². The fraction of sp³-hybridized carbons (Fsp3) is 0.333. The van der Waals surface area contributed by atoms with Crippen LogP contribution in [0.1, 0.15) is 22.5 Å². The Bertz CT molecular complexity index is 1170. The minimum absolute atomic E-state index is 0.120. The van der Waals surface area contributed by atoms with Crippen LogP contribution in [-0.2, 0) is 22.6 Å². The van der Waals surface area contributed by atoms with E-state index in [-0.39, 0.29) is 38.4 Å². The molecule has 9 nitrogen and oxygen atoms in total. The van der Waals surface area contributed by atoms with Crippen LogP contribution in [0.15, 0.2) is 59.2 Å². The predicted molar refractivity (Wildman–Crippen MR) is 134 cm³/mol. The molecule has 36 heavy (non-hydrogen) atoms. The van der Waals surface area contributed by atoms with Gasteiger partial charge in [-0.2, -0.15) is 0 Å². The first-order valence-electron chi connectivity index (χ1n) is 11.7. The number of carbonyl (C=O) groups excluding carboxylic acids is 2. The quantitative estimate of drug-likeness (QED) is 0.452. The molecule has 190 valence electrons. The van der Waals surface area contributed by atoms with Gasteiger partial charge in [0, 0.05) is 25.9 Å². The molecule has 1 aliphatic rings. The number of nitrogens with one attached hydrogen (secondary N) is 1. The van der Waals surface area contributed by atoms with Crippen molar-refractivity contribution in [2.24, 2.45) is 0 Å². The number of para-hydroxylation sites is 1. The predicted octanol–water partition coefficient (Wildman–Crippen LogP) is 4.33. The largest absolute Gasteiger partial charge is 0.467 e. The summed E-state index contributed by atoms with van der Waals surface area (Å²) in [6.45, 7) is 5.06. The Morgan fingerprint density at radius 3 is 2.47 bits per heavy atom. The number of anilines is 1. The topological polar surface area (TPSA) is 93.5 Å². The third-order valence-electron chi connectivity index (χ3n) is 5.98. The molecule has 1 aliphatic heterocycles. The van der Waals surface area contributed by atoms with Crippen molar-refractivity contribution in [3.63, 3.8) is 0 Å². The first-order valence-corrected chi connectivity index (χ1v) is 11.7. The Kier molecular flexibility index (Phi) is 8.12. The molecule has 2 aromatic carbocycles. The van der Waals surface area contributed by atoms with E-state index in [1.807, 2.05) is 56.3 Å². The molecule has 0 bridgehead atoms. The molecule has 1 aromatic heterocycles.